The monoisotopic (exact) mass is 375 g/mol. The summed E-state index contributed by atoms with van der Waals surface area (Å²) in [5.41, 5.74) is 0.244. The lowest BCUT2D eigenvalue weighted by molar-refractivity contribution is -0.312. The minimum Gasteiger partial charge on any atom is -0.550 e. The molecule has 1 aliphatic rings. The Balaban J connectivity index is 2.07. The Hall–Kier alpha value is -2.57. The number of carbonyl (C=O) groups is 3. The van der Waals surface area contributed by atoms with Crippen LogP contribution in [0.4, 0.5) is 4.79 Å². The standard InChI is InChI=1S/C20H28N2O5/c1-20(2,3)27-19(26)21-16(13-14-7-5-4-6-8-14)17(23)22-11-9-15(10-12-22)18(24)25/h4-8,15-16H,9-13H2,1-3H3,(H,21,26)(H,24,25)/p-1/t16-/m1/s1. The van der Waals surface area contributed by atoms with Crippen LogP contribution < -0.4 is 10.4 Å². The van der Waals surface area contributed by atoms with Gasteiger partial charge < -0.3 is 24.9 Å². The highest BCUT2D eigenvalue weighted by Gasteiger charge is 2.31. The number of likely N-dealkylation sites (tertiary alicyclic amines) is 1. The first-order chi connectivity index (χ1) is 12.7. The van der Waals surface area contributed by atoms with Crippen molar-refractivity contribution in [3.63, 3.8) is 0 Å². The van der Waals surface area contributed by atoms with Crippen molar-refractivity contribution in [3.8, 4) is 0 Å². The SMILES string of the molecule is CC(C)(C)OC(=O)N[C@H](Cc1ccccc1)C(=O)N1CCC(C(=O)[O-])CC1. The zero-order chi connectivity index (χ0) is 20.0. The third kappa shape index (κ3) is 6.58. The van der Waals surface area contributed by atoms with Crippen LogP contribution in [0.3, 0.4) is 0 Å². The number of carbonyl (C=O) groups excluding carboxylic acids is 3. The molecule has 0 spiro atoms. The number of piperidine rings is 1. The molecule has 1 aromatic carbocycles. The third-order valence-corrected chi connectivity index (χ3v) is 4.41. The maximum atomic E-state index is 13.0. The molecule has 1 N–H and O–H groups in total. The molecule has 1 aliphatic heterocycles. The molecule has 0 radical (unpaired) electrons. The Morgan fingerprint density at radius 2 is 1.78 bits per heavy atom. The Morgan fingerprint density at radius 3 is 2.30 bits per heavy atom. The average molecular weight is 375 g/mol. The molecule has 0 aliphatic carbocycles. The molecule has 148 valence electrons. The number of alkyl carbamates (subject to hydrolysis) is 1. The molecule has 1 saturated heterocycles. The summed E-state index contributed by atoms with van der Waals surface area (Å²) in [4.78, 5) is 37.8. The highest BCUT2D eigenvalue weighted by Crippen LogP contribution is 2.18. The predicted octanol–water partition coefficient (Wildman–Crippen LogP) is 1.11. The predicted molar refractivity (Wildman–Crippen MR) is 97.6 cm³/mol. The molecule has 1 heterocycles. The van der Waals surface area contributed by atoms with Gasteiger partial charge in [0.2, 0.25) is 5.91 Å². The van der Waals surface area contributed by atoms with Gasteiger partial charge in [0, 0.05) is 31.4 Å². The number of rotatable bonds is 5. The van der Waals surface area contributed by atoms with Crippen molar-refractivity contribution < 1.29 is 24.2 Å². The lowest BCUT2D eigenvalue weighted by Crippen LogP contribution is -2.53. The quantitative estimate of drug-likeness (QED) is 0.831. The van der Waals surface area contributed by atoms with E-state index < -0.39 is 29.6 Å². The summed E-state index contributed by atoms with van der Waals surface area (Å²) in [6.07, 6.45) is 0.401. The van der Waals surface area contributed by atoms with Gasteiger partial charge in [-0.2, -0.15) is 0 Å². The van der Waals surface area contributed by atoms with E-state index in [1.54, 1.807) is 25.7 Å². The van der Waals surface area contributed by atoms with Crippen molar-refractivity contribution in [2.75, 3.05) is 13.1 Å². The molecule has 7 nitrogen and oxygen atoms in total. The number of aliphatic carboxylic acids is 1. The summed E-state index contributed by atoms with van der Waals surface area (Å²) < 4.78 is 5.29. The summed E-state index contributed by atoms with van der Waals surface area (Å²) in [5.74, 6) is -1.84. The first-order valence-electron chi connectivity index (χ1n) is 9.19. The van der Waals surface area contributed by atoms with Crippen LogP contribution in [0.5, 0.6) is 0 Å². The van der Waals surface area contributed by atoms with Gasteiger partial charge in [-0.1, -0.05) is 30.3 Å². The van der Waals surface area contributed by atoms with Crippen molar-refractivity contribution in [3.05, 3.63) is 35.9 Å². The van der Waals surface area contributed by atoms with E-state index in [2.05, 4.69) is 5.32 Å². The molecule has 1 atom stereocenters. The van der Waals surface area contributed by atoms with Gasteiger partial charge in [0.15, 0.2) is 0 Å². The number of ether oxygens (including phenoxy) is 1. The molecule has 0 aromatic heterocycles. The molecule has 27 heavy (non-hydrogen) atoms. The number of hydrogen-bond donors (Lipinski definition) is 1. The van der Waals surface area contributed by atoms with Crippen LogP contribution in [0.1, 0.15) is 39.2 Å². The van der Waals surface area contributed by atoms with Gasteiger partial charge in [-0.25, -0.2) is 4.79 Å². The normalized spacial score (nSPS) is 16.5. The second kappa shape index (κ2) is 8.88. The van der Waals surface area contributed by atoms with Crippen molar-refractivity contribution in [2.24, 2.45) is 5.92 Å². The largest absolute Gasteiger partial charge is 0.550 e. The van der Waals surface area contributed by atoms with Crippen LogP contribution in [0, 0.1) is 5.92 Å². The van der Waals surface area contributed by atoms with Gasteiger partial charge in [0.05, 0.1) is 0 Å². The number of benzene rings is 1. The minimum absolute atomic E-state index is 0.235. The molecule has 1 aromatic rings. The summed E-state index contributed by atoms with van der Waals surface area (Å²) in [5, 5.41) is 13.7. The zero-order valence-corrected chi connectivity index (χ0v) is 16.1. The first kappa shape index (κ1) is 20.7. The van der Waals surface area contributed by atoms with E-state index in [-0.39, 0.29) is 5.91 Å². The highest BCUT2D eigenvalue weighted by atomic mass is 16.6. The highest BCUT2D eigenvalue weighted by molar-refractivity contribution is 5.86. The molecular formula is C20H27N2O5-. The molecule has 0 unspecified atom stereocenters. The summed E-state index contributed by atoms with van der Waals surface area (Å²) >= 11 is 0. The van der Waals surface area contributed by atoms with Crippen LogP contribution in [0.25, 0.3) is 0 Å². The lowest BCUT2D eigenvalue weighted by Gasteiger charge is -2.35. The van der Waals surface area contributed by atoms with Crippen LogP contribution in [-0.4, -0.2) is 47.6 Å². The number of nitrogens with one attached hydrogen (secondary N) is 1. The summed E-state index contributed by atoms with van der Waals surface area (Å²) in [7, 11) is 0. The number of hydrogen-bond acceptors (Lipinski definition) is 5. The first-order valence-corrected chi connectivity index (χ1v) is 9.19. The smallest absolute Gasteiger partial charge is 0.408 e. The Kier molecular flexibility index (Phi) is 6.82. The second-order valence-electron chi connectivity index (χ2n) is 7.81. The maximum Gasteiger partial charge on any atom is 0.408 e. The van der Waals surface area contributed by atoms with Crippen LogP contribution >= 0.6 is 0 Å². The average Bonchev–Trinajstić information content (AvgIpc) is 2.60. The Morgan fingerprint density at radius 1 is 1.19 bits per heavy atom. The van der Waals surface area contributed by atoms with E-state index in [4.69, 9.17) is 4.74 Å². The summed E-state index contributed by atoms with van der Waals surface area (Å²) in [6, 6.07) is 8.62. The number of carboxylic acids is 1. The fourth-order valence-electron chi connectivity index (χ4n) is 3.06. The van der Waals surface area contributed by atoms with Crippen molar-refractivity contribution in [2.45, 2.75) is 51.7 Å². The van der Waals surface area contributed by atoms with E-state index in [0.29, 0.717) is 32.4 Å². The molecule has 1 fully saturated rings. The van der Waals surface area contributed by atoms with E-state index in [9.17, 15) is 19.5 Å². The van der Waals surface area contributed by atoms with Gasteiger partial charge in [0.25, 0.3) is 0 Å². The van der Waals surface area contributed by atoms with Crippen molar-refractivity contribution >= 4 is 18.0 Å². The molecule has 7 heteroatoms. The summed E-state index contributed by atoms with van der Waals surface area (Å²) in [6.45, 7) is 5.93. The Bertz CT molecular complexity index is 661. The molecule has 2 rings (SSSR count). The van der Waals surface area contributed by atoms with Crippen LogP contribution in [0.15, 0.2) is 30.3 Å². The van der Waals surface area contributed by atoms with Crippen molar-refractivity contribution in [1.82, 2.24) is 10.2 Å². The van der Waals surface area contributed by atoms with E-state index >= 15 is 0 Å². The molecule has 0 saturated carbocycles. The molecule has 2 amide bonds. The van der Waals surface area contributed by atoms with Crippen molar-refractivity contribution in [1.29, 1.82) is 0 Å². The van der Waals surface area contributed by atoms with Gasteiger partial charge in [0.1, 0.15) is 11.6 Å². The fraction of sp³-hybridized carbons (Fsp3) is 0.550. The van der Waals surface area contributed by atoms with Gasteiger partial charge in [-0.3, -0.25) is 4.79 Å². The molecule has 0 bridgehead atoms. The van der Waals surface area contributed by atoms with Crippen LogP contribution in [-0.2, 0) is 20.7 Å². The van der Waals surface area contributed by atoms with Crippen LogP contribution in [0.2, 0.25) is 0 Å². The molecular weight excluding hydrogens is 348 g/mol. The second-order valence-corrected chi connectivity index (χ2v) is 7.81. The van der Waals surface area contributed by atoms with E-state index in [0.717, 1.165) is 5.56 Å². The lowest BCUT2D eigenvalue weighted by atomic mass is 9.96. The number of nitrogens with zero attached hydrogens (tertiary/aromatic N) is 1. The van der Waals surface area contributed by atoms with E-state index in [1.165, 1.54) is 0 Å². The van der Waals surface area contributed by atoms with Gasteiger partial charge >= 0.3 is 6.09 Å². The zero-order valence-electron chi connectivity index (χ0n) is 16.1. The third-order valence-electron chi connectivity index (χ3n) is 4.41. The van der Waals surface area contributed by atoms with Gasteiger partial charge in [-0.05, 0) is 39.2 Å². The van der Waals surface area contributed by atoms with E-state index in [1.807, 2.05) is 30.3 Å². The fourth-order valence-corrected chi connectivity index (χ4v) is 3.06. The number of amides is 2. The Labute approximate surface area is 159 Å². The topological polar surface area (TPSA) is 98.8 Å². The van der Waals surface area contributed by atoms with Gasteiger partial charge in [-0.15, -0.1) is 0 Å². The minimum atomic E-state index is -1.07. The maximum absolute atomic E-state index is 13.0. The number of carboxylic acid groups (broad SMARTS) is 1.